The number of halogens is 2. The van der Waals surface area contributed by atoms with Crippen LogP contribution in [0.3, 0.4) is 0 Å². The molecule has 80 valence electrons. The summed E-state index contributed by atoms with van der Waals surface area (Å²) in [6.07, 6.45) is 4.83. The average Bonchev–Trinajstić information content (AvgIpc) is 2.32. The molecule has 0 bridgehead atoms. The van der Waals surface area contributed by atoms with E-state index >= 15 is 0 Å². The van der Waals surface area contributed by atoms with Gasteiger partial charge >= 0.3 is 0 Å². The van der Waals surface area contributed by atoms with Gasteiger partial charge in [-0.05, 0) is 29.8 Å². The molecule has 0 saturated heterocycles. The van der Waals surface area contributed by atoms with E-state index in [1.165, 1.54) is 6.07 Å². The molecule has 0 spiro atoms. The van der Waals surface area contributed by atoms with Crippen molar-refractivity contribution < 1.29 is 8.78 Å². The fraction of sp³-hybridized carbons (Fsp3) is 0. The number of aromatic nitrogens is 1. The third kappa shape index (κ3) is 2.48. The summed E-state index contributed by atoms with van der Waals surface area (Å²) in [5.74, 6) is -1.77. The molecule has 16 heavy (non-hydrogen) atoms. The maximum atomic E-state index is 12.8. The summed E-state index contributed by atoms with van der Waals surface area (Å²) in [6.45, 7) is 0. The van der Waals surface area contributed by atoms with Gasteiger partial charge in [0.1, 0.15) is 0 Å². The molecule has 0 amide bonds. The van der Waals surface area contributed by atoms with E-state index in [0.717, 1.165) is 17.7 Å². The maximum absolute atomic E-state index is 12.8. The Morgan fingerprint density at radius 1 is 1.00 bits per heavy atom. The smallest absolute Gasteiger partial charge is 0.160 e. The normalized spacial score (nSPS) is 10.9. The van der Waals surface area contributed by atoms with Gasteiger partial charge in [-0.3, -0.25) is 9.98 Å². The second-order valence-corrected chi connectivity index (χ2v) is 3.14. The first-order valence-corrected chi connectivity index (χ1v) is 4.65. The van der Waals surface area contributed by atoms with Crippen LogP contribution in [0.25, 0.3) is 0 Å². The zero-order valence-corrected chi connectivity index (χ0v) is 8.27. The third-order valence-corrected chi connectivity index (χ3v) is 1.97. The van der Waals surface area contributed by atoms with Crippen LogP contribution in [-0.4, -0.2) is 11.2 Å². The molecule has 0 aliphatic rings. The average molecular weight is 218 g/mol. The number of rotatable bonds is 2. The topological polar surface area (TPSA) is 25.2 Å². The van der Waals surface area contributed by atoms with Crippen molar-refractivity contribution in [2.75, 3.05) is 0 Å². The Morgan fingerprint density at radius 2 is 1.75 bits per heavy atom. The van der Waals surface area contributed by atoms with Crippen LogP contribution in [0.4, 0.5) is 14.5 Å². The van der Waals surface area contributed by atoms with Crippen LogP contribution in [0.5, 0.6) is 0 Å². The molecule has 0 aliphatic carbocycles. The van der Waals surface area contributed by atoms with Crippen molar-refractivity contribution in [1.29, 1.82) is 0 Å². The first-order chi connectivity index (χ1) is 7.75. The highest BCUT2D eigenvalue weighted by molar-refractivity contribution is 5.81. The van der Waals surface area contributed by atoms with Crippen LogP contribution in [-0.2, 0) is 0 Å². The van der Waals surface area contributed by atoms with Crippen LogP contribution in [0, 0.1) is 11.6 Å². The van der Waals surface area contributed by atoms with Gasteiger partial charge in [-0.25, -0.2) is 8.78 Å². The Balaban J connectivity index is 2.21. The van der Waals surface area contributed by atoms with E-state index in [1.54, 1.807) is 30.7 Å². The summed E-state index contributed by atoms with van der Waals surface area (Å²) < 4.78 is 25.5. The third-order valence-electron chi connectivity index (χ3n) is 1.97. The number of pyridine rings is 1. The summed E-state index contributed by atoms with van der Waals surface area (Å²) in [5.41, 5.74) is 1.22. The maximum Gasteiger partial charge on any atom is 0.160 e. The molecular weight excluding hydrogens is 210 g/mol. The van der Waals surface area contributed by atoms with Gasteiger partial charge in [0.05, 0.1) is 5.69 Å². The van der Waals surface area contributed by atoms with E-state index in [2.05, 4.69) is 9.98 Å². The Kier molecular flexibility index (Phi) is 3.00. The van der Waals surface area contributed by atoms with Crippen molar-refractivity contribution in [1.82, 2.24) is 4.98 Å². The monoisotopic (exact) mass is 218 g/mol. The predicted octanol–water partition coefficient (Wildman–Crippen LogP) is 3.11. The molecule has 2 nitrogen and oxygen atoms in total. The van der Waals surface area contributed by atoms with E-state index in [1.807, 2.05) is 0 Å². The fourth-order valence-corrected chi connectivity index (χ4v) is 1.16. The highest BCUT2D eigenvalue weighted by atomic mass is 19.2. The van der Waals surface area contributed by atoms with Crippen molar-refractivity contribution in [2.24, 2.45) is 4.99 Å². The summed E-state index contributed by atoms with van der Waals surface area (Å²) in [5, 5.41) is 0. The van der Waals surface area contributed by atoms with Gasteiger partial charge in [0.15, 0.2) is 11.6 Å². The molecule has 0 fully saturated rings. The Morgan fingerprint density at radius 3 is 2.44 bits per heavy atom. The molecule has 0 unspecified atom stereocenters. The summed E-state index contributed by atoms with van der Waals surface area (Å²) in [7, 11) is 0. The van der Waals surface area contributed by atoms with Gasteiger partial charge in [0, 0.05) is 24.7 Å². The SMILES string of the molecule is Fc1ccc(N=Cc2ccncc2)cc1F. The van der Waals surface area contributed by atoms with Crippen LogP contribution < -0.4 is 0 Å². The van der Waals surface area contributed by atoms with E-state index in [-0.39, 0.29) is 0 Å². The zero-order chi connectivity index (χ0) is 11.4. The fourth-order valence-electron chi connectivity index (χ4n) is 1.16. The van der Waals surface area contributed by atoms with E-state index in [9.17, 15) is 8.78 Å². The number of hydrogen-bond donors (Lipinski definition) is 0. The lowest BCUT2D eigenvalue weighted by atomic mass is 10.3. The molecule has 4 heteroatoms. The van der Waals surface area contributed by atoms with Gasteiger partial charge in [-0.1, -0.05) is 0 Å². The van der Waals surface area contributed by atoms with Crippen LogP contribution in [0.1, 0.15) is 5.56 Å². The second-order valence-electron chi connectivity index (χ2n) is 3.14. The minimum atomic E-state index is -0.899. The Hall–Kier alpha value is -2.10. The highest BCUT2D eigenvalue weighted by Crippen LogP contribution is 2.15. The van der Waals surface area contributed by atoms with Gasteiger partial charge in [0.2, 0.25) is 0 Å². The molecule has 0 saturated carbocycles. The first kappa shape index (κ1) is 10.4. The summed E-state index contributed by atoms with van der Waals surface area (Å²) >= 11 is 0. The van der Waals surface area contributed by atoms with Crippen molar-refractivity contribution in [2.45, 2.75) is 0 Å². The first-order valence-electron chi connectivity index (χ1n) is 4.65. The van der Waals surface area contributed by atoms with E-state index in [4.69, 9.17) is 0 Å². The molecule has 1 aromatic carbocycles. The van der Waals surface area contributed by atoms with E-state index in [0.29, 0.717) is 5.69 Å². The minimum absolute atomic E-state index is 0.371. The number of nitrogens with zero attached hydrogens (tertiary/aromatic N) is 2. The van der Waals surface area contributed by atoms with Gasteiger partial charge in [0.25, 0.3) is 0 Å². The molecule has 2 aromatic rings. The molecule has 1 aromatic heterocycles. The van der Waals surface area contributed by atoms with Gasteiger partial charge < -0.3 is 0 Å². The predicted molar refractivity (Wildman–Crippen MR) is 57.8 cm³/mol. The highest BCUT2D eigenvalue weighted by Gasteiger charge is 2.00. The van der Waals surface area contributed by atoms with Crippen molar-refractivity contribution in [3.05, 3.63) is 59.9 Å². The Labute approximate surface area is 91.3 Å². The second kappa shape index (κ2) is 4.61. The largest absolute Gasteiger partial charge is 0.265 e. The van der Waals surface area contributed by atoms with Crippen molar-refractivity contribution in [3.8, 4) is 0 Å². The number of benzene rings is 1. The minimum Gasteiger partial charge on any atom is -0.265 e. The molecular formula is C12H8F2N2. The van der Waals surface area contributed by atoms with Crippen LogP contribution in [0.2, 0.25) is 0 Å². The quantitative estimate of drug-likeness (QED) is 0.711. The van der Waals surface area contributed by atoms with E-state index < -0.39 is 11.6 Å². The van der Waals surface area contributed by atoms with Crippen molar-refractivity contribution in [3.63, 3.8) is 0 Å². The lowest BCUT2D eigenvalue weighted by molar-refractivity contribution is 0.509. The van der Waals surface area contributed by atoms with Crippen molar-refractivity contribution >= 4 is 11.9 Å². The molecule has 0 N–H and O–H groups in total. The lowest BCUT2D eigenvalue weighted by Gasteiger charge is -1.95. The molecule has 0 atom stereocenters. The molecule has 1 heterocycles. The zero-order valence-electron chi connectivity index (χ0n) is 8.27. The molecule has 0 radical (unpaired) electrons. The molecule has 0 aliphatic heterocycles. The van der Waals surface area contributed by atoms with Crippen LogP contribution in [0.15, 0.2) is 47.7 Å². The van der Waals surface area contributed by atoms with Gasteiger partial charge in [-0.15, -0.1) is 0 Å². The van der Waals surface area contributed by atoms with Gasteiger partial charge in [-0.2, -0.15) is 0 Å². The lowest BCUT2D eigenvalue weighted by Crippen LogP contribution is -1.83. The van der Waals surface area contributed by atoms with Crippen LogP contribution >= 0.6 is 0 Å². The molecule has 2 rings (SSSR count). The number of aliphatic imine (C=N–C) groups is 1. The Bertz CT molecular complexity index is 510. The number of hydrogen-bond acceptors (Lipinski definition) is 2. The summed E-state index contributed by atoms with van der Waals surface area (Å²) in [6, 6.07) is 7.05. The summed E-state index contributed by atoms with van der Waals surface area (Å²) in [4.78, 5) is 7.87. The standard InChI is InChI=1S/C12H8F2N2/c13-11-2-1-10(7-12(11)14)16-8-9-3-5-15-6-4-9/h1-8H.